The van der Waals surface area contributed by atoms with E-state index in [1.54, 1.807) is 54.6 Å². The number of ether oxygens (including phenoxy) is 1. The van der Waals surface area contributed by atoms with Gasteiger partial charge in [-0.05, 0) is 45.8 Å². The lowest BCUT2D eigenvalue weighted by Crippen LogP contribution is -2.57. The number of esters is 1. The van der Waals surface area contributed by atoms with E-state index in [0.29, 0.717) is 28.0 Å². The Hall–Kier alpha value is -3.68. The minimum absolute atomic E-state index is 0.0894. The molecule has 1 N–H and O–H groups in total. The molecule has 0 heterocycles. The van der Waals surface area contributed by atoms with Gasteiger partial charge in [-0.1, -0.05) is 60.7 Å². The number of alkyl halides is 6. The van der Waals surface area contributed by atoms with E-state index < -0.39 is 48.3 Å². The molecule has 0 aliphatic carbocycles. The molecule has 0 amide bonds. The molecule has 0 aliphatic heterocycles. The first-order valence-corrected chi connectivity index (χ1v) is 12.5. The van der Waals surface area contributed by atoms with Crippen molar-refractivity contribution >= 4 is 38.9 Å². The monoisotopic (exact) mass is 585 g/mol. The molecule has 13 heteroatoms. The zero-order valence-electron chi connectivity index (χ0n) is 20.2. The molecule has 0 saturated heterocycles. The smallest absolute Gasteiger partial charge is 0.426 e. The summed E-state index contributed by atoms with van der Waals surface area (Å²) in [6, 6.07) is 19.6. The van der Waals surface area contributed by atoms with E-state index >= 15 is 0 Å². The standard InChI is InChI=1S/C27H20F6O6S/c28-26(29,30)25(35,27(31,32)33)13-14-38-24(34)22-12-11-17(18-6-1-2-7-20(18)22)15-16-5-3-9-21-19(16)8-4-10-23(21)39-40(36)37/h1-12,35H,13-15H2,(H,36,37)/p-1. The molecule has 0 saturated carbocycles. The lowest BCUT2D eigenvalue weighted by atomic mass is 9.93. The number of carbonyl (C=O) groups is 1. The van der Waals surface area contributed by atoms with Gasteiger partial charge in [-0.2, -0.15) is 26.3 Å². The molecule has 0 fully saturated rings. The average molecular weight is 585 g/mol. The van der Waals surface area contributed by atoms with Crippen molar-refractivity contribution < 1.29 is 53.9 Å². The van der Waals surface area contributed by atoms with Gasteiger partial charge in [0.15, 0.2) is 0 Å². The molecule has 0 radical (unpaired) electrons. The zero-order chi connectivity index (χ0) is 29.3. The van der Waals surface area contributed by atoms with Crippen LogP contribution in [0.2, 0.25) is 0 Å². The first-order valence-electron chi connectivity index (χ1n) is 11.5. The Bertz CT molecular complexity index is 1570. The molecule has 0 spiro atoms. The van der Waals surface area contributed by atoms with E-state index in [4.69, 9.17) is 8.92 Å². The predicted octanol–water partition coefficient (Wildman–Crippen LogP) is 6.16. The topological polar surface area (TPSA) is 95.9 Å². The van der Waals surface area contributed by atoms with Gasteiger partial charge in [0.05, 0.1) is 12.2 Å². The molecule has 1 atom stereocenters. The second kappa shape index (κ2) is 11.1. The van der Waals surface area contributed by atoms with E-state index in [-0.39, 0.29) is 11.3 Å². The molecular formula is C27H19F6O6S-. The molecule has 40 heavy (non-hydrogen) atoms. The van der Waals surface area contributed by atoms with Crippen molar-refractivity contribution in [2.24, 2.45) is 0 Å². The Kier molecular flexibility index (Phi) is 8.11. The van der Waals surface area contributed by atoms with E-state index in [0.717, 1.165) is 11.1 Å². The number of aliphatic hydroxyl groups is 1. The van der Waals surface area contributed by atoms with Crippen LogP contribution in [-0.4, -0.2) is 44.4 Å². The summed E-state index contributed by atoms with van der Waals surface area (Å²) in [4.78, 5) is 12.7. The highest BCUT2D eigenvalue weighted by atomic mass is 32.2. The molecule has 4 rings (SSSR count). The van der Waals surface area contributed by atoms with E-state index in [2.05, 4.69) is 0 Å². The van der Waals surface area contributed by atoms with Crippen molar-refractivity contribution in [2.75, 3.05) is 6.61 Å². The van der Waals surface area contributed by atoms with Crippen molar-refractivity contribution in [2.45, 2.75) is 30.8 Å². The third-order valence-electron chi connectivity index (χ3n) is 6.38. The number of carbonyl (C=O) groups excluding carboxylic acids is 1. The van der Waals surface area contributed by atoms with Gasteiger partial charge in [-0.3, -0.25) is 0 Å². The van der Waals surface area contributed by atoms with Crippen molar-refractivity contribution in [1.29, 1.82) is 0 Å². The fraction of sp³-hybridized carbons (Fsp3) is 0.222. The molecule has 4 aromatic rings. The van der Waals surface area contributed by atoms with Gasteiger partial charge in [-0.25, -0.2) is 9.00 Å². The van der Waals surface area contributed by atoms with E-state index in [1.807, 2.05) is 6.07 Å². The number of hydrogen-bond donors (Lipinski definition) is 1. The number of fused-ring (bicyclic) bond motifs is 2. The fourth-order valence-electron chi connectivity index (χ4n) is 4.36. The maximum Gasteiger partial charge on any atom is 0.426 e. The Morgan fingerprint density at radius 3 is 1.98 bits per heavy atom. The van der Waals surface area contributed by atoms with Crippen LogP contribution in [0, 0.1) is 0 Å². The Morgan fingerprint density at radius 1 is 0.775 bits per heavy atom. The molecule has 0 aliphatic rings. The summed E-state index contributed by atoms with van der Waals surface area (Å²) >= 11 is -2.78. The van der Waals surface area contributed by atoms with E-state index in [1.165, 1.54) is 12.1 Å². The largest absolute Gasteiger partial charge is 0.740 e. The van der Waals surface area contributed by atoms with Crippen LogP contribution in [0.1, 0.15) is 27.9 Å². The first-order chi connectivity index (χ1) is 18.7. The summed E-state index contributed by atoms with van der Waals surface area (Å²) < 4.78 is 109. The van der Waals surface area contributed by atoms with Crippen molar-refractivity contribution in [3.8, 4) is 5.75 Å². The summed E-state index contributed by atoms with van der Waals surface area (Å²) in [6.45, 7) is -1.33. The second-order valence-corrected chi connectivity index (χ2v) is 9.37. The fourth-order valence-corrected chi connectivity index (χ4v) is 4.65. The Morgan fingerprint density at radius 2 is 1.32 bits per heavy atom. The quantitative estimate of drug-likeness (QED) is 0.151. The maximum atomic E-state index is 12.9. The normalized spacial score (nSPS) is 13.4. The zero-order valence-corrected chi connectivity index (χ0v) is 21.0. The van der Waals surface area contributed by atoms with Gasteiger partial charge < -0.3 is 18.6 Å². The SMILES string of the molecule is O=C(OCCC(O)(C(F)(F)F)C(F)(F)F)c1ccc(Cc2cccc3c(OS(=O)[O-])cccc23)c2ccccc12. The van der Waals surface area contributed by atoms with Gasteiger partial charge in [-0.15, -0.1) is 0 Å². The molecule has 6 nitrogen and oxygen atoms in total. The molecular weight excluding hydrogens is 566 g/mol. The summed E-state index contributed by atoms with van der Waals surface area (Å²) in [5.74, 6) is -1.02. The molecule has 0 aromatic heterocycles. The predicted molar refractivity (Wildman–Crippen MR) is 132 cm³/mol. The molecule has 1 unspecified atom stereocenters. The third-order valence-corrected chi connectivity index (χ3v) is 6.70. The minimum atomic E-state index is -6.02. The van der Waals surface area contributed by atoms with Crippen LogP contribution in [0.3, 0.4) is 0 Å². The third kappa shape index (κ3) is 5.76. The minimum Gasteiger partial charge on any atom is -0.740 e. The number of benzene rings is 4. The van der Waals surface area contributed by atoms with Crippen LogP contribution < -0.4 is 4.18 Å². The first kappa shape index (κ1) is 29.3. The van der Waals surface area contributed by atoms with Gasteiger partial charge in [0.2, 0.25) is 0 Å². The Labute approximate surface area is 225 Å². The summed E-state index contributed by atoms with van der Waals surface area (Å²) in [5, 5.41) is 11.4. The second-order valence-electron chi connectivity index (χ2n) is 8.79. The van der Waals surface area contributed by atoms with Gasteiger partial charge in [0, 0.05) is 11.8 Å². The Balaban J connectivity index is 1.62. The van der Waals surface area contributed by atoms with Crippen molar-refractivity contribution in [3.63, 3.8) is 0 Å². The lowest BCUT2D eigenvalue weighted by Gasteiger charge is -2.32. The van der Waals surface area contributed by atoms with Gasteiger partial charge >= 0.3 is 18.3 Å². The molecule has 4 aromatic carbocycles. The van der Waals surface area contributed by atoms with Crippen molar-refractivity contribution in [1.82, 2.24) is 0 Å². The number of rotatable bonds is 8. The summed E-state index contributed by atoms with van der Waals surface area (Å²) in [5.41, 5.74) is -3.60. The van der Waals surface area contributed by atoms with Gasteiger partial charge in [0.25, 0.3) is 5.60 Å². The van der Waals surface area contributed by atoms with Crippen molar-refractivity contribution in [3.05, 3.63) is 89.5 Å². The highest BCUT2D eigenvalue weighted by Crippen LogP contribution is 2.45. The van der Waals surface area contributed by atoms with E-state index in [9.17, 15) is 45.0 Å². The molecule has 212 valence electrons. The van der Waals surface area contributed by atoms with Crippen LogP contribution in [0.15, 0.2) is 72.8 Å². The average Bonchev–Trinajstić information content (AvgIpc) is 2.87. The highest BCUT2D eigenvalue weighted by Gasteiger charge is 2.70. The number of halogens is 6. The molecule has 0 bridgehead atoms. The van der Waals surface area contributed by atoms with Gasteiger partial charge in [0.1, 0.15) is 17.1 Å². The highest BCUT2D eigenvalue weighted by molar-refractivity contribution is 7.74. The lowest BCUT2D eigenvalue weighted by molar-refractivity contribution is -0.371. The number of hydrogen-bond acceptors (Lipinski definition) is 6. The van der Waals surface area contributed by atoms with Crippen LogP contribution in [0.5, 0.6) is 5.75 Å². The summed E-state index contributed by atoms with van der Waals surface area (Å²) in [6.07, 6.45) is -13.6. The maximum absolute atomic E-state index is 12.9. The van der Waals surface area contributed by atoms with Crippen LogP contribution >= 0.6 is 0 Å². The van der Waals surface area contributed by atoms with Crippen LogP contribution in [0.4, 0.5) is 26.3 Å². The van der Waals surface area contributed by atoms with Crippen LogP contribution in [0.25, 0.3) is 21.5 Å². The summed E-state index contributed by atoms with van der Waals surface area (Å²) in [7, 11) is 0. The van der Waals surface area contributed by atoms with Crippen LogP contribution in [-0.2, 0) is 22.5 Å².